The maximum atomic E-state index is 8.58. The average Bonchev–Trinajstić information content (AvgIpc) is 1.12. The van der Waals surface area contributed by atoms with Crippen molar-refractivity contribution in [3.8, 4) is 0 Å². The summed E-state index contributed by atoms with van der Waals surface area (Å²) in [4.78, 5) is 0. The van der Waals surface area contributed by atoms with Crippen molar-refractivity contribution in [2.45, 2.75) is 0 Å². The van der Waals surface area contributed by atoms with Crippen LogP contribution in [0, 0.1) is 0 Å². The van der Waals surface area contributed by atoms with E-state index < -0.39 is 26.7 Å². The van der Waals surface area contributed by atoms with Crippen LogP contribution in [0.3, 0.4) is 0 Å². The molecule has 0 aromatic heterocycles. The van der Waals surface area contributed by atoms with Crippen molar-refractivity contribution < 1.29 is 99.8 Å². The Balaban J connectivity index is -0.0000000267. The molecule has 13 heavy (non-hydrogen) atoms. The van der Waals surface area contributed by atoms with E-state index in [1.165, 1.54) is 0 Å². The fourth-order valence-corrected chi connectivity index (χ4v) is 0. The molecule has 0 heterocycles. The average molecular weight is 316 g/mol. The minimum absolute atomic E-state index is 0. The van der Waals surface area contributed by atoms with E-state index in [9.17, 15) is 0 Å². The third-order valence-corrected chi connectivity index (χ3v) is 0. The van der Waals surface area contributed by atoms with Gasteiger partial charge >= 0.3 is 95.1 Å². The van der Waals surface area contributed by atoms with E-state index in [4.69, 9.17) is 32.1 Å². The molecule has 0 fully saturated rings. The van der Waals surface area contributed by atoms with Gasteiger partial charge in [0.25, 0.3) is 0 Å². The van der Waals surface area contributed by atoms with E-state index in [1.54, 1.807) is 0 Å². The first-order valence-electron chi connectivity index (χ1n) is 1.23. The van der Waals surface area contributed by atoms with Gasteiger partial charge in [-0.1, -0.05) is 0 Å². The second kappa shape index (κ2) is 11.2. The second-order valence-corrected chi connectivity index (χ2v) is 3.12. The molecule has 13 heteroatoms. The Kier molecular flexibility index (Phi) is 25.2. The molecule has 0 atom stereocenters. The number of hydrogen-bond donors (Lipinski definition) is 0. The zero-order valence-electron chi connectivity index (χ0n) is 5.81. The van der Waals surface area contributed by atoms with Crippen molar-refractivity contribution in [3.05, 3.63) is 0 Å². The van der Waals surface area contributed by atoms with E-state index in [0.717, 1.165) is 0 Å². The van der Waals surface area contributed by atoms with Gasteiger partial charge in [0.1, 0.15) is 0 Å². The molecule has 0 N–H and O–H groups in total. The van der Waals surface area contributed by atoms with E-state index in [2.05, 4.69) is 0 Å². The zero-order chi connectivity index (χ0) is 9.00. The van der Waals surface area contributed by atoms with Gasteiger partial charge in [0.15, 0.2) is 0 Å². The molecular weight excluding hydrogens is 316 g/mol. The molecule has 0 aliphatic carbocycles. The van der Waals surface area contributed by atoms with Crippen LogP contribution in [0.15, 0.2) is 0 Å². The fourth-order valence-electron chi connectivity index (χ4n) is 0. The van der Waals surface area contributed by atoms with Crippen LogP contribution >= 0.6 is 0 Å². The molecule has 76 valence electrons. The Hall–Kier alpha value is 1.14. The third kappa shape index (κ3) is 1260. The van der Waals surface area contributed by atoms with Crippen molar-refractivity contribution in [2.24, 2.45) is 0 Å². The molecule has 0 amide bonds. The van der Waals surface area contributed by atoms with Crippen LogP contribution in [0.4, 0.5) is 4.70 Å². The first kappa shape index (κ1) is 29.2. The van der Waals surface area contributed by atoms with Crippen LogP contribution in [0.5, 0.6) is 0 Å². The molecule has 8 nitrogen and oxygen atoms in total. The normalized spacial score (nSPS) is 8.92. The first-order chi connectivity index (χ1) is 4.00. The summed E-state index contributed by atoms with van der Waals surface area (Å²) in [5.41, 5.74) is 0. The van der Waals surface area contributed by atoms with Crippen LogP contribution < -0.4 is 35.6 Å². The monoisotopic (exact) mass is 316 g/mol. The van der Waals surface area contributed by atoms with E-state index in [1.807, 2.05) is 0 Å². The summed E-state index contributed by atoms with van der Waals surface area (Å²) >= 11 is -11.2. The maximum absolute atomic E-state index is 8.58. The Morgan fingerprint density at radius 3 is 0.692 bits per heavy atom. The van der Waals surface area contributed by atoms with Gasteiger partial charge in [-0.15, -0.1) is 0 Å². The molecule has 0 saturated carbocycles. The van der Waals surface area contributed by atoms with Crippen molar-refractivity contribution >= 4 is 0 Å². The molecule has 2 radical (unpaired) electrons. The second-order valence-electron chi connectivity index (χ2n) is 0.756. The summed E-state index contributed by atoms with van der Waals surface area (Å²) in [5, 5.41) is 0. The van der Waals surface area contributed by atoms with Gasteiger partial charge in [0, 0.05) is 4.70 Å². The summed E-state index contributed by atoms with van der Waals surface area (Å²) in [6, 6.07) is 0. The van der Waals surface area contributed by atoms with Crippen molar-refractivity contribution in [2.75, 3.05) is 0 Å². The van der Waals surface area contributed by atoms with Crippen LogP contribution in [0.25, 0.3) is 0 Å². The van der Waals surface area contributed by atoms with Crippen molar-refractivity contribution in [1.29, 1.82) is 0 Å². The van der Waals surface area contributed by atoms with Crippen LogP contribution in [-0.2, 0) is 59.4 Å². The zero-order valence-corrected chi connectivity index (χ0v) is 9.44. The van der Waals surface area contributed by atoms with E-state index >= 15 is 0 Å². The van der Waals surface area contributed by atoms with Gasteiger partial charge < -0.3 is 0 Å². The first-order valence-corrected chi connectivity index (χ1v) is 5.09. The van der Waals surface area contributed by atoms with Gasteiger partial charge in [0.05, 0.1) is 0 Å². The predicted octanol–water partition coefficient (Wildman–Crippen LogP) is -7.81. The molecule has 0 spiro atoms. The quantitative estimate of drug-likeness (QED) is 0.398. The van der Waals surface area contributed by atoms with Gasteiger partial charge in [-0.05, 0) is 0 Å². The molecule has 0 bridgehead atoms. The Morgan fingerprint density at radius 2 is 0.692 bits per heavy atom. The summed E-state index contributed by atoms with van der Waals surface area (Å²) < 4.78 is 68.6. The van der Waals surface area contributed by atoms with Gasteiger partial charge in [-0.2, -0.15) is 0 Å². The van der Waals surface area contributed by atoms with Crippen LogP contribution in [0.1, 0.15) is 0 Å². The number of hydrogen-bond acceptors (Lipinski definition) is 8. The van der Waals surface area contributed by atoms with E-state index in [0.29, 0.717) is 0 Å². The van der Waals surface area contributed by atoms with Crippen molar-refractivity contribution in [3.63, 3.8) is 0 Å². The summed E-state index contributed by atoms with van der Waals surface area (Å²) in [7, 11) is 0. The third-order valence-electron chi connectivity index (χ3n) is 0. The van der Waals surface area contributed by atoms with E-state index in [-0.39, 0.29) is 40.9 Å². The van der Waals surface area contributed by atoms with Crippen LogP contribution in [-0.4, -0.2) is 0 Å². The fraction of sp³-hybridized carbons (Fsp3) is 0. The Bertz CT molecular complexity index is 219. The summed E-state index contributed by atoms with van der Waals surface area (Å²) in [5.74, 6) is 0. The van der Waals surface area contributed by atoms with Crippen molar-refractivity contribution in [1.82, 2.24) is 0 Å². The molecule has 0 aliphatic rings. The molecule has 0 aromatic carbocycles. The number of rotatable bonds is 0. The Morgan fingerprint density at radius 1 is 0.692 bits per heavy atom. The van der Waals surface area contributed by atoms with Crippen LogP contribution in [0.2, 0.25) is 0 Å². The molecule has 0 rings (SSSR count). The summed E-state index contributed by atoms with van der Waals surface area (Å²) in [6.45, 7) is 0. The SMILES string of the molecule is [Cr+3].[F].[Li+].[O]=[Mn](=[O])([O-])[O-].[O]=[Mn](=[O])([O-])[O-]. The molecule has 0 aromatic rings. The number of halogens is 1. The van der Waals surface area contributed by atoms with Gasteiger partial charge in [-0.3, -0.25) is 0 Å². The van der Waals surface area contributed by atoms with Gasteiger partial charge in [-0.25, -0.2) is 0 Å². The Labute approximate surface area is 99.2 Å². The predicted molar refractivity (Wildman–Crippen MR) is 3.85 cm³/mol. The molecule has 0 unspecified atom stereocenters. The standard InChI is InChI=1S/Cr.F.Li.2Mn.8O/q+3;;+1;;;;;;;4*-1. The molecular formula is CrFLiMn2O8. The molecule has 0 saturated heterocycles. The minimum atomic E-state index is -5.62. The van der Waals surface area contributed by atoms with Gasteiger partial charge in [0.2, 0.25) is 0 Å². The molecule has 0 aliphatic heterocycles. The topological polar surface area (TPSA) is 161 Å². The summed E-state index contributed by atoms with van der Waals surface area (Å²) in [6.07, 6.45) is 0.